The third kappa shape index (κ3) is 5.04. The summed E-state index contributed by atoms with van der Waals surface area (Å²) in [4.78, 5) is 43.2. The summed E-state index contributed by atoms with van der Waals surface area (Å²) < 4.78 is 0. The number of amides is 4. The van der Waals surface area contributed by atoms with Gasteiger partial charge in [0.2, 0.25) is 5.91 Å². The third-order valence-corrected chi connectivity index (χ3v) is 5.59. The Morgan fingerprint density at radius 1 is 1.13 bits per heavy atom. The summed E-state index contributed by atoms with van der Waals surface area (Å²) in [6.07, 6.45) is 4.01. The SMILES string of the molecule is Cc1ccc(Cc2cnc(NC(=O)CN3C(=O)N/C(=C\c4ccccc4)C3=O)s2)cc1. The highest BCUT2D eigenvalue weighted by Crippen LogP contribution is 2.22. The molecule has 1 fully saturated rings. The number of carbonyl (C=O) groups is 3. The third-order valence-electron chi connectivity index (χ3n) is 4.67. The van der Waals surface area contributed by atoms with Gasteiger partial charge < -0.3 is 10.6 Å². The maximum Gasteiger partial charge on any atom is 0.329 e. The molecule has 31 heavy (non-hydrogen) atoms. The van der Waals surface area contributed by atoms with E-state index in [9.17, 15) is 14.4 Å². The van der Waals surface area contributed by atoms with Crippen LogP contribution in [-0.4, -0.2) is 34.3 Å². The first-order valence-electron chi connectivity index (χ1n) is 9.67. The van der Waals surface area contributed by atoms with Gasteiger partial charge in [-0.05, 0) is 24.1 Å². The van der Waals surface area contributed by atoms with Crippen molar-refractivity contribution in [2.75, 3.05) is 11.9 Å². The van der Waals surface area contributed by atoms with Gasteiger partial charge in [-0.25, -0.2) is 14.7 Å². The number of benzene rings is 2. The normalized spacial score (nSPS) is 14.7. The average molecular weight is 433 g/mol. The lowest BCUT2D eigenvalue weighted by atomic mass is 10.1. The number of imide groups is 1. The van der Waals surface area contributed by atoms with E-state index in [0.717, 1.165) is 20.9 Å². The molecule has 8 heteroatoms. The van der Waals surface area contributed by atoms with E-state index < -0.39 is 17.8 Å². The minimum absolute atomic E-state index is 0.138. The van der Waals surface area contributed by atoms with Crippen LogP contribution in [0.1, 0.15) is 21.6 Å². The molecule has 3 aromatic rings. The summed E-state index contributed by atoms with van der Waals surface area (Å²) in [5.41, 5.74) is 3.27. The summed E-state index contributed by atoms with van der Waals surface area (Å²) in [7, 11) is 0. The lowest BCUT2D eigenvalue weighted by Crippen LogP contribution is -2.38. The number of urea groups is 1. The highest BCUT2D eigenvalue weighted by molar-refractivity contribution is 7.15. The molecule has 0 aliphatic carbocycles. The highest BCUT2D eigenvalue weighted by Gasteiger charge is 2.35. The van der Waals surface area contributed by atoms with Crippen molar-refractivity contribution in [1.82, 2.24) is 15.2 Å². The van der Waals surface area contributed by atoms with Gasteiger partial charge >= 0.3 is 6.03 Å². The van der Waals surface area contributed by atoms with Crippen molar-refractivity contribution in [2.24, 2.45) is 0 Å². The van der Waals surface area contributed by atoms with E-state index in [0.29, 0.717) is 11.6 Å². The quantitative estimate of drug-likeness (QED) is 0.460. The fourth-order valence-electron chi connectivity index (χ4n) is 3.09. The summed E-state index contributed by atoms with van der Waals surface area (Å²) >= 11 is 1.36. The standard InChI is InChI=1S/C23H20N4O3S/c1-15-7-9-17(10-8-15)11-18-13-24-22(31-18)26-20(28)14-27-21(29)19(25-23(27)30)12-16-5-3-2-4-6-16/h2-10,12-13H,11,14H2,1H3,(H,25,30)(H,24,26,28)/b19-12-. The van der Waals surface area contributed by atoms with Crippen LogP contribution in [0.2, 0.25) is 0 Å². The minimum atomic E-state index is -0.624. The number of rotatable bonds is 6. The van der Waals surface area contributed by atoms with Crippen molar-refractivity contribution >= 4 is 40.4 Å². The average Bonchev–Trinajstić information content (AvgIpc) is 3.29. The fourth-order valence-corrected chi connectivity index (χ4v) is 3.95. The van der Waals surface area contributed by atoms with Crippen molar-refractivity contribution in [3.8, 4) is 0 Å². The molecular formula is C23H20N4O3S. The van der Waals surface area contributed by atoms with Crippen molar-refractivity contribution in [3.05, 3.63) is 88.1 Å². The second-order valence-electron chi connectivity index (χ2n) is 7.13. The van der Waals surface area contributed by atoms with E-state index in [1.807, 2.05) is 37.3 Å². The fraction of sp³-hybridized carbons (Fsp3) is 0.130. The van der Waals surface area contributed by atoms with Gasteiger partial charge in [0.1, 0.15) is 12.2 Å². The Morgan fingerprint density at radius 3 is 2.61 bits per heavy atom. The Bertz CT molecular complexity index is 1150. The Labute approximate surface area is 183 Å². The van der Waals surface area contributed by atoms with Crippen molar-refractivity contribution in [2.45, 2.75) is 13.3 Å². The minimum Gasteiger partial charge on any atom is -0.303 e. The number of aryl methyl sites for hydroxylation is 1. The molecule has 0 unspecified atom stereocenters. The predicted octanol–water partition coefficient (Wildman–Crippen LogP) is 3.57. The molecule has 4 amide bonds. The molecular weight excluding hydrogens is 412 g/mol. The topological polar surface area (TPSA) is 91.4 Å². The monoisotopic (exact) mass is 432 g/mol. The number of nitrogens with one attached hydrogen (secondary N) is 2. The maximum atomic E-state index is 12.5. The van der Waals surface area contributed by atoms with Crippen LogP contribution in [0.5, 0.6) is 0 Å². The molecule has 1 aliphatic heterocycles. The summed E-state index contributed by atoms with van der Waals surface area (Å²) in [6, 6.07) is 16.8. The number of nitrogens with zero attached hydrogens (tertiary/aromatic N) is 2. The number of anilines is 1. The van der Waals surface area contributed by atoms with E-state index >= 15 is 0 Å². The van der Waals surface area contributed by atoms with Gasteiger partial charge in [-0.15, -0.1) is 11.3 Å². The lowest BCUT2D eigenvalue weighted by Gasteiger charge is -2.10. The van der Waals surface area contributed by atoms with E-state index in [4.69, 9.17) is 0 Å². The first-order chi connectivity index (χ1) is 15.0. The van der Waals surface area contributed by atoms with Crippen LogP contribution < -0.4 is 10.6 Å². The largest absolute Gasteiger partial charge is 0.329 e. The number of thiazole rings is 1. The second kappa shape index (κ2) is 8.93. The van der Waals surface area contributed by atoms with Gasteiger partial charge in [-0.1, -0.05) is 60.2 Å². The van der Waals surface area contributed by atoms with E-state index in [1.54, 1.807) is 12.3 Å². The lowest BCUT2D eigenvalue weighted by molar-refractivity contribution is -0.127. The summed E-state index contributed by atoms with van der Waals surface area (Å²) in [5.74, 6) is -1.02. The van der Waals surface area contributed by atoms with Crippen LogP contribution in [-0.2, 0) is 16.0 Å². The number of aromatic nitrogens is 1. The highest BCUT2D eigenvalue weighted by atomic mass is 32.1. The smallest absolute Gasteiger partial charge is 0.303 e. The second-order valence-corrected chi connectivity index (χ2v) is 8.25. The van der Waals surface area contributed by atoms with E-state index in [2.05, 4.69) is 39.9 Å². The van der Waals surface area contributed by atoms with Gasteiger partial charge in [0, 0.05) is 17.5 Å². The van der Waals surface area contributed by atoms with Gasteiger partial charge in [-0.3, -0.25) is 9.59 Å². The molecule has 156 valence electrons. The molecule has 1 saturated heterocycles. The van der Waals surface area contributed by atoms with Crippen LogP contribution in [0, 0.1) is 6.92 Å². The Balaban J connectivity index is 1.36. The zero-order valence-electron chi connectivity index (χ0n) is 16.8. The molecule has 2 heterocycles. The molecule has 1 aliphatic rings. The Morgan fingerprint density at radius 2 is 1.87 bits per heavy atom. The number of hydrogen-bond acceptors (Lipinski definition) is 5. The number of hydrogen-bond donors (Lipinski definition) is 2. The van der Waals surface area contributed by atoms with Crippen LogP contribution in [0.3, 0.4) is 0 Å². The van der Waals surface area contributed by atoms with E-state index in [-0.39, 0.29) is 12.2 Å². The number of carbonyl (C=O) groups excluding carboxylic acids is 3. The molecule has 4 rings (SSSR count). The molecule has 7 nitrogen and oxygen atoms in total. The van der Waals surface area contributed by atoms with E-state index in [1.165, 1.54) is 16.9 Å². The summed E-state index contributed by atoms with van der Waals surface area (Å²) in [5, 5.41) is 5.61. The van der Waals surface area contributed by atoms with Crippen molar-refractivity contribution in [3.63, 3.8) is 0 Å². The molecule has 0 atom stereocenters. The van der Waals surface area contributed by atoms with Crippen LogP contribution in [0.4, 0.5) is 9.93 Å². The summed E-state index contributed by atoms with van der Waals surface area (Å²) in [6.45, 7) is 1.65. The zero-order chi connectivity index (χ0) is 21.8. The first-order valence-corrected chi connectivity index (χ1v) is 10.5. The van der Waals surface area contributed by atoms with Gasteiger partial charge in [0.05, 0.1) is 0 Å². The molecule has 2 aromatic carbocycles. The first kappa shape index (κ1) is 20.5. The molecule has 0 radical (unpaired) electrons. The maximum absolute atomic E-state index is 12.5. The van der Waals surface area contributed by atoms with Gasteiger partial charge in [0.15, 0.2) is 5.13 Å². The zero-order valence-corrected chi connectivity index (χ0v) is 17.6. The van der Waals surface area contributed by atoms with Crippen LogP contribution in [0.15, 0.2) is 66.5 Å². The van der Waals surface area contributed by atoms with Crippen molar-refractivity contribution < 1.29 is 14.4 Å². The van der Waals surface area contributed by atoms with Crippen molar-refractivity contribution in [1.29, 1.82) is 0 Å². The molecule has 2 N–H and O–H groups in total. The molecule has 0 bridgehead atoms. The Kier molecular flexibility index (Phi) is 5.90. The molecule has 1 aromatic heterocycles. The van der Waals surface area contributed by atoms with Gasteiger partial charge in [-0.2, -0.15) is 0 Å². The van der Waals surface area contributed by atoms with Gasteiger partial charge in [0.25, 0.3) is 5.91 Å². The van der Waals surface area contributed by atoms with Crippen LogP contribution in [0.25, 0.3) is 6.08 Å². The molecule has 0 spiro atoms. The Hall–Kier alpha value is -3.78. The predicted molar refractivity (Wildman–Crippen MR) is 119 cm³/mol. The molecule has 0 saturated carbocycles. The van der Waals surface area contributed by atoms with Crippen LogP contribution >= 0.6 is 11.3 Å².